The second-order valence-electron chi connectivity index (χ2n) is 4.64. The predicted molar refractivity (Wildman–Crippen MR) is 59.5 cm³/mol. The van der Waals surface area contributed by atoms with Crippen LogP contribution < -0.4 is 0 Å². The molecule has 1 aromatic rings. The van der Waals surface area contributed by atoms with Gasteiger partial charge in [0.1, 0.15) is 6.29 Å². The average Bonchev–Trinajstić information content (AvgIpc) is 2.77. The Morgan fingerprint density at radius 3 is 3.07 bits per heavy atom. The van der Waals surface area contributed by atoms with Gasteiger partial charge >= 0.3 is 0 Å². The van der Waals surface area contributed by atoms with Crippen molar-refractivity contribution in [1.82, 2.24) is 0 Å². The van der Waals surface area contributed by atoms with Gasteiger partial charge in [0, 0.05) is 5.41 Å². The molecule has 14 heavy (non-hydrogen) atoms. The fraction of sp³-hybridized carbons (Fsp3) is 0.583. The summed E-state index contributed by atoms with van der Waals surface area (Å²) in [4.78, 5) is 11.2. The second-order valence-corrected chi connectivity index (χ2v) is 5.42. The Hall–Kier alpha value is -0.630. The molecule has 0 radical (unpaired) electrons. The fourth-order valence-electron chi connectivity index (χ4n) is 2.54. The topological polar surface area (TPSA) is 17.1 Å². The largest absolute Gasteiger partial charge is 0.303 e. The minimum Gasteiger partial charge on any atom is -0.303 e. The molecule has 76 valence electrons. The van der Waals surface area contributed by atoms with Gasteiger partial charge in [0.15, 0.2) is 0 Å². The molecule has 1 aliphatic carbocycles. The van der Waals surface area contributed by atoms with Crippen LogP contribution in [0, 0.1) is 11.3 Å². The van der Waals surface area contributed by atoms with Crippen molar-refractivity contribution >= 4 is 17.6 Å². The normalized spacial score (nSPS) is 31.9. The third kappa shape index (κ3) is 1.90. The summed E-state index contributed by atoms with van der Waals surface area (Å²) in [6.07, 6.45) is 5.52. The molecular formula is C12H16OS. The SMILES string of the molecule is CC1CCC(C=O)(Cc2ccsc2)C1. The summed E-state index contributed by atoms with van der Waals surface area (Å²) in [7, 11) is 0. The first kappa shape index (κ1) is 9.91. The Kier molecular flexibility index (Phi) is 2.73. The standard InChI is InChI=1S/C12H16OS/c1-10-2-4-12(6-10,9-13)7-11-3-5-14-8-11/h3,5,8-10H,2,4,6-7H2,1H3. The van der Waals surface area contributed by atoms with Crippen LogP contribution in [0.2, 0.25) is 0 Å². The summed E-state index contributed by atoms with van der Waals surface area (Å²) in [5, 5.41) is 4.25. The van der Waals surface area contributed by atoms with Crippen LogP contribution in [-0.2, 0) is 11.2 Å². The van der Waals surface area contributed by atoms with E-state index in [1.807, 2.05) is 0 Å². The van der Waals surface area contributed by atoms with Gasteiger partial charge in [-0.2, -0.15) is 11.3 Å². The molecule has 1 aliphatic rings. The highest BCUT2D eigenvalue weighted by molar-refractivity contribution is 7.07. The smallest absolute Gasteiger partial charge is 0.126 e. The highest BCUT2D eigenvalue weighted by atomic mass is 32.1. The van der Waals surface area contributed by atoms with Crippen molar-refractivity contribution in [3.63, 3.8) is 0 Å². The molecule has 1 fully saturated rings. The van der Waals surface area contributed by atoms with Crippen molar-refractivity contribution < 1.29 is 4.79 Å². The summed E-state index contributed by atoms with van der Waals surface area (Å²) < 4.78 is 0. The Morgan fingerprint density at radius 2 is 2.57 bits per heavy atom. The van der Waals surface area contributed by atoms with Crippen LogP contribution in [0.1, 0.15) is 31.7 Å². The molecule has 0 saturated heterocycles. The Labute approximate surface area is 89.1 Å². The van der Waals surface area contributed by atoms with Gasteiger partial charge in [-0.1, -0.05) is 6.92 Å². The average molecular weight is 208 g/mol. The highest BCUT2D eigenvalue weighted by Crippen LogP contribution is 2.42. The van der Waals surface area contributed by atoms with Crippen LogP contribution in [0.5, 0.6) is 0 Å². The maximum atomic E-state index is 11.2. The van der Waals surface area contributed by atoms with E-state index in [1.54, 1.807) is 11.3 Å². The van der Waals surface area contributed by atoms with E-state index in [0.29, 0.717) is 0 Å². The van der Waals surface area contributed by atoms with E-state index < -0.39 is 0 Å². The third-order valence-electron chi connectivity index (χ3n) is 3.28. The number of hydrogen-bond acceptors (Lipinski definition) is 2. The van der Waals surface area contributed by atoms with E-state index in [9.17, 15) is 4.79 Å². The van der Waals surface area contributed by atoms with Gasteiger partial charge in [-0.3, -0.25) is 0 Å². The lowest BCUT2D eigenvalue weighted by Crippen LogP contribution is -2.21. The van der Waals surface area contributed by atoms with Crippen LogP contribution in [0.4, 0.5) is 0 Å². The Balaban J connectivity index is 2.10. The first-order valence-corrected chi connectivity index (χ1v) is 6.16. The third-order valence-corrected chi connectivity index (χ3v) is 4.01. The van der Waals surface area contributed by atoms with Crippen molar-refractivity contribution in [2.24, 2.45) is 11.3 Å². The summed E-state index contributed by atoms with van der Waals surface area (Å²) >= 11 is 1.72. The molecule has 0 N–H and O–H groups in total. The van der Waals surface area contributed by atoms with Crippen molar-refractivity contribution in [1.29, 1.82) is 0 Å². The maximum Gasteiger partial charge on any atom is 0.126 e. The molecule has 2 rings (SSSR count). The van der Waals surface area contributed by atoms with E-state index in [1.165, 1.54) is 18.3 Å². The quantitative estimate of drug-likeness (QED) is 0.697. The van der Waals surface area contributed by atoms with E-state index in [-0.39, 0.29) is 5.41 Å². The van der Waals surface area contributed by atoms with E-state index >= 15 is 0 Å². The molecule has 2 atom stereocenters. The zero-order valence-electron chi connectivity index (χ0n) is 8.53. The number of rotatable bonds is 3. The van der Waals surface area contributed by atoms with Gasteiger partial charge in [-0.25, -0.2) is 0 Å². The lowest BCUT2D eigenvalue weighted by Gasteiger charge is -2.21. The monoisotopic (exact) mass is 208 g/mol. The lowest BCUT2D eigenvalue weighted by atomic mass is 9.81. The van der Waals surface area contributed by atoms with Crippen molar-refractivity contribution in [2.75, 3.05) is 0 Å². The lowest BCUT2D eigenvalue weighted by molar-refractivity contribution is -0.116. The zero-order valence-corrected chi connectivity index (χ0v) is 9.35. The van der Waals surface area contributed by atoms with Gasteiger partial charge in [-0.15, -0.1) is 0 Å². The molecule has 1 aromatic heterocycles. The summed E-state index contributed by atoms with van der Waals surface area (Å²) in [6.45, 7) is 2.25. The van der Waals surface area contributed by atoms with Gasteiger partial charge in [0.05, 0.1) is 0 Å². The molecule has 0 aromatic carbocycles. The molecule has 0 aliphatic heterocycles. The molecule has 0 bridgehead atoms. The number of hydrogen-bond donors (Lipinski definition) is 0. The molecule has 2 unspecified atom stereocenters. The Morgan fingerprint density at radius 1 is 1.71 bits per heavy atom. The summed E-state index contributed by atoms with van der Waals surface area (Å²) in [6, 6.07) is 2.14. The minimum absolute atomic E-state index is 0.0412. The van der Waals surface area contributed by atoms with Crippen molar-refractivity contribution in [2.45, 2.75) is 32.6 Å². The first-order valence-electron chi connectivity index (χ1n) is 5.21. The van der Waals surface area contributed by atoms with Gasteiger partial charge in [0.2, 0.25) is 0 Å². The predicted octanol–water partition coefficient (Wildman–Crippen LogP) is 3.30. The van der Waals surface area contributed by atoms with E-state index in [0.717, 1.165) is 25.2 Å². The van der Waals surface area contributed by atoms with Crippen LogP contribution in [-0.4, -0.2) is 6.29 Å². The molecule has 1 nitrogen and oxygen atoms in total. The van der Waals surface area contributed by atoms with Gasteiger partial charge in [-0.05, 0) is 54.0 Å². The highest BCUT2D eigenvalue weighted by Gasteiger charge is 2.37. The van der Waals surface area contributed by atoms with Crippen LogP contribution in [0.3, 0.4) is 0 Å². The molecule has 0 amide bonds. The fourth-order valence-corrected chi connectivity index (χ4v) is 3.21. The number of thiophene rings is 1. The van der Waals surface area contributed by atoms with Crippen molar-refractivity contribution in [3.05, 3.63) is 22.4 Å². The van der Waals surface area contributed by atoms with E-state index in [4.69, 9.17) is 0 Å². The van der Waals surface area contributed by atoms with Crippen LogP contribution >= 0.6 is 11.3 Å². The summed E-state index contributed by atoms with van der Waals surface area (Å²) in [5.41, 5.74) is 1.29. The Bertz CT molecular complexity index is 304. The van der Waals surface area contributed by atoms with Crippen LogP contribution in [0.25, 0.3) is 0 Å². The molecular weight excluding hydrogens is 192 g/mol. The van der Waals surface area contributed by atoms with Crippen LogP contribution in [0.15, 0.2) is 16.8 Å². The summed E-state index contributed by atoms with van der Waals surface area (Å²) in [5.74, 6) is 0.721. The maximum absolute atomic E-state index is 11.2. The molecule has 2 heteroatoms. The number of carbonyl (C=O) groups is 1. The molecule has 1 heterocycles. The number of carbonyl (C=O) groups excluding carboxylic acids is 1. The number of aldehydes is 1. The van der Waals surface area contributed by atoms with E-state index in [2.05, 4.69) is 23.8 Å². The first-order chi connectivity index (χ1) is 6.74. The zero-order chi connectivity index (χ0) is 10.0. The van der Waals surface area contributed by atoms with Gasteiger partial charge in [0.25, 0.3) is 0 Å². The second kappa shape index (κ2) is 3.85. The minimum atomic E-state index is -0.0412. The molecule has 0 spiro atoms. The van der Waals surface area contributed by atoms with Crippen molar-refractivity contribution in [3.8, 4) is 0 Å². The van der Waals surface area contributed by atoms with Gasteiger partial charge < -0.3 is 4.79 Å². The molecule has 1 saturated carbocycles.